The van der Waals surface area contributed by atoms with E-state index in [2.05, 4.69) is 31.0 Å². The number of hydrogen-bond donors (Lipinski definition) is 2. The summed E-state index contributed by atoms with van der Waals surface area (Å²) in [6.45, 7) is 10.0. The lowest BCUT2D eigenvalue weighted by Gasteiger charge is -2.39. The Bertz CT molecular complexity index is 350. The molecule has 1 aliphatic carbocycles. The summed E-state index contributed by atoms with van der Waals surface area (Å²) in [5.74, 6) is 1.79. The first kappa shape index (κ1) is 17.7. The molecule has 4 heteroatoms. The van der Waals surface area contributed by atoms with E-state index in [1.54, 1.807) is 0 Å². The molecule has 0 spiro atoms. The van der Waals surface area contributed by atoms with Gasteiger partial charge in [-0.2, -0.15) is 0 Å². The highest BCUT2D eigenvalue weighted by molar-refractivity contribution is 5.78. The molecule has 3 atom stereocenters. The Labute approximate surface area is 136 Å². The Morgan fingerprint density at radius 1 is 1.23 bits per heavy atom. The molecule has 4 nitrogen and oxygen atoms in total. The Morgan fingerprint density at radius 3 is 2.50 bits per heavy atom. The third-order valence-electron chi connectivity index (χ3n) is 5.63. The molecule has 3 unspecified atom stereocenters. The average Bonchev–Trinajstić information content (AvgIpc) is 2.48. The van der Waals surface area contributed by atoms with Crippen molar-refractivity contribution >= 4 is 5.91 Å². The van der Waals surface area contributed by atoms with Gasteiger partial charge in [0.15, 0.2) is 0 Å². The number of amides is 1. The summed E-state index contributed by atoms with van der Waals surface area (Å²) in [7, 11) is 0. The average molecular weight is 309 g/mol. The minimum absolute atomic E-state index is 0.137. The molecule has 0 aromatic heterocycles. The second-order valence-electron chi connectivity index (χ2n) is 7.90. The van der Waals surface area contributed by atoms with Crippen molar-refractivity contribution in [3.05, 3.63) is 0 Å². The van der Waals surface area contributed by atoms with Crippen LogP contribution >= 0.6 is 0 Å². The molecule has 22 heavy (non-hydrogen) atoms. The van der Waals surface area contributed by atoms with Crippen LogP contribution in [0.4, 0.5) is 0 Å². The fraction of sp³-hybridized carbons (Fsp3) is 0.944. The number of likely N-dealkylation sites (tertiary alicyclic amines) is 1. The highest BCUT2D eigenvalue weighted by Crippen LogP contribution is 2.24. The van der Waals surface area contributed by atoms with Crippen LogP contribution in [-0.4, -0.2) is 42.5 Å². The SMILES string of the molecule is CC1CCN(C(CNC(=O)C2CCCC(N)C2)C(C)C)CC1. The summed E-state index contributed by atoms with van der Waals surface area (Å²) in [5, 5.41) is 3.23. The fourth-order valence-corrected chi connectivity index (χ4v) is 3.96. The van der Waals surface area contributed by atoms with Crippen LogP contribution in [0.25, 0.3) is 0 Å². The van der Waals surface area contributed by atoms with Crippen molar-refractivity contribution in [1.82, 2.24) is 10.2 Å². The lowest BCUT2D eigenvalue weighted by Crippen LogP contribution is -2.50. The molecule has 1 saturated heterocycles. The van der Waals surface area contributed by atoms with Gasteiger partial charge in [0.05, 0.1) is 0 Å². The van der Waals surface area contributed by atoms with Gasteiger partial charge in [0.1, 0.15) is 0 Å². The standard InChI is InChI=1S/C18H35N3O/c1-13(2)17(21-9-7-14(3)8-10-21)12-20-18(22)15-5-4-6-16(19)11-15/h13-17H,4-12,19H2,1-3H3,(H,20,22). The number of nitrogens with zero attached hydrogens (tertiary/aromatic N) is 1. The zero-order valence-corrected chi connectivity index (χ0v) is 14.7. The summed E-state index contributed by atoms with van der Waals surface area (Å²) >= 11 is 0. The maximum atomic E-state index is 12.4. The highest BCUT2D eigenvalue weighted by Gasteiger charge is 2.28. The minimum atomic E-state index is 0.137. The van der Waals surface area contributed by atoms with Gasteiger partial charge in [0.25, 0.3) is 0 Å². The normalized spacial score (nSPS) is 29.5. The fourth-order valence-electron chi connectivity index (χ4n) is 3.96. The van der Waals surface area contributed by atoms with Gasteiger partial charge in [0, 0.05) is 24.5 Å². The van der Waals surface area contributed by atoms with E-state index in [9.17, 15) is 4.79 Å². The van der Waals surface area contributed by atoms with Crippen molar-refractivity contribution < 1.29 is 4.79 Å². The number of rotatable bonds is 5. The van der Waals surface area contributed by atoms with Crippen LogP contribution in [0.15, 0.2) is 0 Å². The van der Waals surface area contributed by atoms with E-state index in [0.29, 0.717) is 12.0 Å². The van der Waals surface area contributed by atoms with E-state index in [0.717, 1.165) is 38.1 Å². The van der Waals surface area contributed by atoms with Gasteiger partial charge in [-0.3, -0.25) is 9.69 Å². The monoisotopic (exact) mass is 309 g/mol. The zero-order chi connectivity index (χ0) is 16.1. The predicted molar refractivity (Wildman–Crippen MR) is 91.5 cm³/mol. The lowest BCUT2D eigenvalue weighted by molar-refractivity contribution is -0.126. The van der Waals surface area contributed by atoms with E-state index >= 15 is 0 Å². The summed E-state index contributed by atoms with van der Waals surface area (Å²) in [6.07, 6.45) is 6.61. The Morgan fingerprint density at radius 2 is 1.91 bits per heavy atom. The molecule has 0 aromatic rings. The van der Waals surface area contributed by atoms with E-state index in [1.165, 1.54) is 25.9 Å². The van der Waals surface area contributed by atoms with Gasteiger partial charge >= 0.3 is 0 Å². The smallest absolute Gasteiger partial charge is 0.223 e. The molecule has 2 fully saturated rings. The molecule has 1 heterocycles. The molecule has 1 amide bonds. The largest absolute Gasteiger partial charge is 0.354 e. The number of hydrogen-bond acceptors (Lipinski definition) is 3. The second kappa shape index (κ2) is 8.30. The van der Waals surface area contributed by atoms with E-state index in [4.69, 9.17) is 5.73 Å². The minimum Gasteiger partial charge on any atom is -0.354 e. The Hall–Kier alpha value is -0.610. The number of nitrogens with one attached hydrogen (secondary N) is 1. The van der Waals surface area contributed by atoms with Crippen LogP contribution in [0.5, 0.6) is 0 Å². The topological polar surface area (TPSA) is 58.4 Å². The maximum Gasteiger partial charge on any atom is 0.223 e. The number of carbonyl (C=O) groups excluding carboxylic acids is 1. The van der Waals surface area contributed by atoms with Gasteiger partial charge in [-0.25, -0.2) is 0 Å². The molecule has 3 N–H and O–H groups in total. The van der Waals surface area contributed by atoms with Crippen LogP contribution in [0.1, 0.15) is 59.3 Å². The molecule has 2 rings (SSSR count). The predicted octanol–water partition coefficient (Wildman–Crippen LogP) is 2.38. The summed E-state index contributed by atoms with van der Waals surface area (Å²) in [5.41, 5.74) is 6.01. The second-order valence-corrected chi connectivity index (χ2v) is 7.90. The first-order valence-electron chi connectivity index (χ1n) is 9.24. The van der Waals surface area contributed by atoms with Gasteiger partial charge in [-0.15, -0.1) is 0 Å². The quantitative estimate of drug-likeness (QED) is 0.820. The van der Waals surface area contributed by atoms with Crippen LogP contribution in [0.3, 0.4) is 0 Å². The number of carbonyl (C=O) groups is 1. The van der Waals surface area contributed by atoms with Crippen LogP contribution in [0, 0.1) is 17.8 Å². The molecule has 0 radical (unpaired) electrons. The van der Waals surface area contributed by atoms with Crippen molar-refractivity contribution in [2.45, 2.75) is 71.4 Å². The summed E-state index contributed by atoms with van der Waals surface area (Å²) < 4.78 is 0. The van der Waals surface area contributed by atoms with Crippen molar-refractivity contribution in [2.24, 2.45) is 23.5 Å². The third-order valence-corrected chi connectivity index (χ3v) is 5.63. The molecular formula is C18H35N3O. The maximum absolute atomic E-state index is 12.4. The number of piperidine rings is 1. The van der Waals surface area contributed by atoms with Crippen molar-refractivity contribution in [1.29, 1.82) is 0 Å². The van der Waals surface area contributed by atoms with Crippen molar-refractivity contribution in [2.75, 3.05) is 19.6 Å². The lowest BCUT2D eigenvalue weighted by atomic mass is 9.85. The Kier molecular flexibility index (Phi) is 6.69. The first-order valence-corrected chi connectivity index (χ1v) is 9.24. The van der Waals surface area contributed by atoms with Gasteiger partial charge in [-0.05, 0) is 57.0 Å². The summed E-state index contributed by atoms with van der Waals surface area (Å²) in [6, 6.07) is 0.683. The van der Waals surface area contributed by atoms with E-state index in [-0.39, 0.29) is 17.9 Å². The van der Waals surface area contributed by atoms with Gasteiger partial charge < -0.3 is 11.1 Å². The van der Waals surface area contributed by atoms with Crippen LogP contribution in [-0.2, 0) is 4.79 Å². The van der Waals surface area contributed by atoms with Gasteiger partial charge in [-0.1, -0.05) is 27.2 Å². The van der Waals surface area contributed by atoms with Crippen LogP contribution < -0.4 is 11.1 Å². The molecule has 0 aromatic carbocycles. The molecule has 0 bridgehead atoms. The summed E-state index contributed by atoms with van der Waals surface area (Å²) in [4.78, 5) is 15.0. The number of nitrogens with two attached hydrogens (primary N) is 1. The van der Waals surface area contributed by atoms with Gasteiger partial charge in [0.2, 0.25) is 5.91 Å². The third kappa shape index (κ3) is 4.95. The molecule has 1 aliphatic heterocycles. The van der Waals surface area contributed by atoms with E-state index < -0.39 is 0 Å². The zero-order valence-electron chi connectivity index (χ0n) is 14.7. The molecular weight excluding hydrogens is 274 g/mol. The highest BCUT2D eigenvalue weighted by atomic mass is 16.1. The van der Waals surface area contributed by atoms with E-state index in [1.807, 2.05) is 0 Å². The van der Waals surface area contributed by atoms with Crippen LogP contribution in [0.2, 0.25) is 0 Å². The molecule has 128 valence electrons. The molecule has 1 saturated carbocycles. The Balaban J connectivity index is 1.82. The van der Waals surface area contributed by atoms with Crippen molar-refractivity contribution in [3.63, 3.8) is 0 Å². The van der Waals surface area contributed by atoms with Crippen molar-refractivity contribution in [3.8, 4) is 0 Å². The molecule has 2 aliphatic rings. The first-order chi connectivity index (χ1) is 10.5.